The maximum atomic E-state index is 11.0. The zero-order valence-electron chi connectivity index (χ0n) is 8.26. The molecule has 0 spiro atoms. The molecule has 2 atom stereocenters. The summed E-state index contributed by atoms with van der Waals surface area (Å²) in [4.78, 5) is 11.0. The number of aliphatic hydroxyl groups excluding tert-OH is 1. The fourth-order valence-corrected chi connectivity index (χ4v) is 1.99. The van der Waals surface area contributed by atoms with Gasteiger partial charge in [-0.15, -0.1) is 0 Å². The Hall–Kier alpha value is -1.56. The van der Waals surface area contributed by atoms with E-state index in [2.05, 4.69) is 5.10 Å². The number of aromatic nitrogens is 2. The molecule has 0 radical (unpaired) electrons. The van der Waals surface area contributed by atoms with Crippen LogP contribution in [-0.4, -0.2) is 26.9 Å². The Bertz CT molecular complexity index is 387. The predicted octanol–water partition coefficient (Wildman–Crippen LogP) is -0.350. The van der Waals surface area contributed by atoms with Gasteiger partial charge in [-0.05, 0) is 19.3 Å². The average Bonchev–Trinajstić information content (AvgIpc) is 2.71. The summed E-state index contributed by atoms with van der Waals surface area (Å²) >= 11 is 0. The van der Waals surface area contributed by atoms with Gasteiger partial charge < -0.3 is 16.6 Å². The van der Waals surface area contributed by atoms with E-state index in [4.69, 9.17) is 11.5 Å². The highest BCUT2D eigenvalue weighted by Gasteiger charge is 2.28. The Labute approximate surface area is 86.9 Å². The number of amides is 1. The summed E-state index contributed by atoms with van der Waals surface area (Å²) in [6, 6.07) is -0.0830. The van der Waals surface area contributed by atoms with Crippen LogP contribution in [0.25, 0.3) is 0 Å². The summed E-state index contributed by atoms with van der Waals surface area (Å²) in [5.74, 6) is -0.465. The molecule has 15 heavy (non-hydrogen) atoms. The Kier molecular flexibility index (Phi) is 2.36. The lowest BCUT2D eigenvalue weighted by molar-refractivity contribution is 0.0999. The van der Waals surface area contributed by atoms with E-state index in [1.165, 1.54) is 6.20 Å². The number of nitrogen functional groups attached to an aromatic ring is 1. The summed E-state index contributed by atoms with van der Waals surface area (Å²) in [5.41, 5.74) is 10.9. The first-order chi connectivity index (χ1) is 7.09. The molecule has 1 fully saturated rings. The summed E-state index contributed by atoms with van der Waals surface area (Å²) in [7, 11) is 0. The quantitative estimate of drug-likeness (QED) is 0.620. The SMILES string of the molecule is NC(=O)c1cn(C2CCCC2O)nc1N. The van der Waals surface area contributed by atoms with Crippen LogP contribution in [0.4, 0.5) is 5.82 Å². The summed E-state index contributed by atoms with van der Waals surface area (Å²) in [6.07, 6.45) is 3.66. The van der Waals surface area contributed by atoms with Gasteiger partial charge in [0, 0.05) is 6.20 Å². The lowest BCUT2D eigenvalue weighted by atomic mass is 10.2. The zero-order valence-corrected chi connectivity index (χ0v) is 8.26. The van der Waals surface area contributed by atoms with E-state index in [1.54, 1.807) is 4.68 Å². The van der Waals surface area contributed by atoms with Gasteiger partial charge in [-0.3, -0.25) is 9.48 Å². The molecule has 6 heteroatoms. The lowest BCUT2D eigenvalue weighted by Crippen LogP contribution is -2.18. The van der Waals surface area contributed by atoms with Gasteiger partial charge in [0.1, 0.15) is 5.56 Å². The molecule has 5 N–H and O–H groups in total. The van der Waals surface area contributed by atoms with Crippen molar-refractivity contribution in [2.45, 2.75) is 31.4 Å². The van der Waals surface area contributed by atoms with Crippen LogP contribution in [0.5, 0.6) is 0 Å². The van der Waals surface area contributed by atoms with Crippen molar-refractivity contribution in [2.75, 3.05) is 5.73 Å². The van der Waals surface area contributed by atoms with Gasteiger partial charge >= 0.3 is 0 Å². The van der Waals surface area contributed by atoms with E-state index in [0.717, 1.165) is 19.3 Å². The van der Waals surface area contributed by atoms with Gasteiger partial charge in [0.2, 0.25) is 0 Å². The van der Waals surface area contributed by atoms with Crippen LogP contribution in [0.2, 0.25) is 0 Å². The second-order valence-corrected chi connectivity index (χ2v) is 3.84. The Balaban J connectivity index is 2.29. The number of anilines is 1. The van der Waals surface area contributed by atoms with Crippen LogP contribution < -0.4 is 11.5 Å². The van der Waals surface area contributed by atoms with Crippen molar-refractivity contribution in [1.82, 2.24) is 9.78 Å². The number of hydrogen-bond acceptors (Lipinski definition) is 4. The predicted molar refractivity (Wildman–Crippen MR) is 54.1 cm³/mol. The minimum atomic E-state index is -0.591. The Morgan fingerprint density at radius 1 is 1.60 bits per heavy atom. The number of nitrogens with two attached hydrogens (primary N) is 2. The number of nitrogens with zero attached hydrogens (tertiary/aromatic N) is 2. The van der Waals surface area contributed by atoms with Crippen molar-refractivity contribution in [3.05, 3.63) is 11.8 Å². The van der Waals surface area contributed by atoms with Crippen LogP contribution in [0.1, 0.15) is 35.7 Å². The molecule has 1 aromatic heterocycles. The highest BCUT2D eigenvalue weighted by Crippen LogP contribution is 2.30. The van der Waals surface area contributed by atoms with Crippen molar-refractivity contribution in [3.63, 3.8) is 0 Å². The van der Waals surface area contributed by atoms with Gasteiger partial charge in [0.05, 0.1) is 12.1 Å². The molecule has 1 aliphatic carbocycles. The fourth-order valence-electron chi connectivity index (χ4n) is 1.99. The van der Waals surface area contributed by atoms with Crippen LogP contribution in [0.15, 0.2) is 6.20 Å². The first-order valence-corrected chi connectivity index (χ1v) is 4.92. The van der Waals surface area contributed by atoms with Gasteiger partial charge in [-0.1, -0.05) is 0 Å². The van der Waals surface area contributed by atoms with Crippen LogP contribution in [0, 0.1) is 0 Å². The molecule has 0 aliphatic heterocycles. The lowest BCUT2D eigenvalue weighted by Gasteiger charge is -2.14. The van der Waals surface area contributed by atoms with Crippen molar-refractivity contribution in [3.8, 4) is 0 Å². The van der Waals surface area contributed by atoms with Gasteiger partial charge in [0.15, 0.2) is 5.82 Å². The number of hydrogen-bond donors (Lipinski definition) is 3. The van der Waals surface area contributed by atoms with E-state index >= 15 is 0 Å². The van der Waals surface area contributed by atoms with E-state index < -0.39 is 12.0 Å². The van der Waals surface area contributed by atoms with E-state index in [-0.39, 0.29) is 17.4 Å². The maximum absolute atomic E-state index is 11.0. The molecule has 1 aromatic rings. The number of aliphatic hydroxyl groups is 1. The molecule has 1 amide bonds. The third-order valence-corrected chi connectivity index (χ3v) is 2.81. The first kappa shape index (κ1) is 9.97. The minimum Gasteiger partial charge on any atom is -0.391 e. The zero-order chi connectivity index (χ0) is 11.0. The second kappa shape index (κ2) is 3.54. The number of primary amides is 1. The van der Waals surface area contributed by atoms with E-state index in [0.29, 0.717) is 0 Å². The number of rotatable bonds is 2. The molecule has 2 rings (SSSR count). The number of carbonyl (C=O) groups excluding carboxylic acids is 1. The molecule has 0 bridgehead atoms. The molecule has 1 aliphatic rings. The van der Waals surface area contributed by atoms with Gasteiger partial charge in [0.25, 0.3) is 5.91 Å². The van der Waals surface area contributed by atoms with Crippen LogP contribution in [0.3, 0.4) is 0 Å². The van der Waals surface area contributed by atoms with Crippen LogP contribution in [-0.2, 0) is 0 Å². The summed E-state index contributed by atoms with van der Waals surface area (Å²) < 4.78 is 1.55. The largest absolute Gasteiger partial charge is 0.391 e. The topological polar surface area (TPSA) is 107 Å². The average molecular weight is 210 g/mol. The van der Waals surface area contributed by atoms with Gasteiger partial charge in [-0.25, -0.2) is 0 Å². The summed E-state index contributed by atoms with van der Waals surface area (Å²) in [5, 5.41) is 13.7. The maximum Gasteiger partial charge on any atom is 0.254 e. The molecule has 6 nitrogen and oxygen atoms in total. The highest BCUT2D eigenvalue weighted by molar-refractivity contribution is 5.96. The third-order valence-electron chi connectivity index (χ3n) is 2.81. The van der Waals surface area contributed by atoms with Crippen molar-refractivity contribution in [2.24, 2.45) is 5.73 Å². The molecular formula is C9H14N4O2. The molecule has 82 valence electrons. The molecular weight excluding hydrogens is 196 g/mol. The highest BCUT2D eigenvalue weighted by atomic mass is 16.3. The van der Waals surface area contributed by atoms with Crippen molar-refractivity contribution < 1.29 is 9.90 Å². The standard InChI is InChI=1S/C9H14N4O2/c10-8-5(9(11)15)4-13(12-8)6-2-1-3-7(6)14/h4,6-7,14H,1-3H2,(H2,10,12)(H2,11,15). The Morgan fingerprint density at radius 2 is 2.33 bits per heavy atom. The molecule has 2 unspecified atom stereocenters. The smallest absolute Gasteiger partial charge is 0.254 e. The molecule has 0 aromatic carbocycles. The molecule has 1 heterocycles. The Morgan fingerprint density at radius 3 is 2.80 bits per heavy atom. The number of carbonyl (C=O) groups is 1. The minimum absolute atomic E-state index is 0.0830. The summed E-state index contributed by atoms with van der Waals surface area (Å²) in [6.45, 7) is 0. The normalized spacial score (nSPS) is 25.7. The van der Waals surface area contributed by atoms with Crippen LogP contribution >= 0.6 is 0 Å². The third kappa shape index (κ3) is 1.68. The molecule has 0 saturated heterocycles. The first-order valence-electron chi connectivity index (χ1n) is 4.92. The van der Waals surface area contributed by atoms with Crippen molar-refractivity contribution >= 4 is 11.7 Å². The fraction of sp³-hybridized carbons (Fsp3) is 0.556. The van der Waals surface area contributed by atoms with Crippen molar-refractivity contribution in [1.29, 1.82) is 0 Å². The second-order valence-electron chi connectivity index (χ2n) is 3.84. The molecule has 1 saturated carbocycles. The monoisotopic (exact) mass is 210 g/mol. The van der Waals surface area contributed by atoms with E-state index in [9.17, 15) is 9.90 Å². The van der Waals surface area contributed by atoms with Gasteiger partial charge in [-0.2, -0.15) is 5.10 Å². The van der Waals surface area contributed by atoms with E-state index in [1.807, 2.05) is 0 Å².